The molecular formula is C24H37N3O5. The lowest BCUT2D eigenvalue weighted by Crippen LogP contribution is -2.51. The molecule has 32 heavy (non-hydrogen) atoms. The largest absolute Gasteiger partial charge is 0.481 e. The first-order chi connectivity index (χ1) is 14.9. The van der Waals surface area contributed by atoms with Gasteiger partial charge in [0.05, 0.1) is 0 Å². The van der Waals surface area contributed by atoms with Crippen LogP contribution in [0.25, 0.3) is 0 Å². The highest BCUT2D eigenvalue weighted by Gasteiger charge is 2.28. The van der Waals surface area contributed by atoms with Crippen molar-refractivity contribution in [2.75, 3.05) is 19.6 Å². The summed E-state index contributed by atoms with van der Waals surface area (Å²) in [7, 11) is 0. The van der Waals surface area contributed by atoms with Gasteiger partial charge < -0.3 is 25.0 Å². The van der Waals surface area contributed by atoms with Gasteiger partial charge in [-0.25, -0.2) is 4.79 Å². The van der Waals surface area contributed by atoms with Gasteiger partial charge in [-0.1, -0.05) is 26.0 Å². The fraction of sp³-hybridized carbons (Fsp3) is 0.625. The van der Waals surface area contributed by atoms with E-state index in [1.54, 1.807) is 32.6 Å². The second-order valence-electron chi connectivity index (χ2n) is 9.51. The number of nitrogens with zero attached hydrogens (tertiary/aromatic N) is 1. The van der Waals surface area contributed by atoms with E-state index in [1.807, 2.05) is 24.3 Å². The van der Waals surface area contributed by atoms with E-state index in [-0.39, 0.29) is 24.4 Å². The van der Waals surface area contributed by atoms with Crippen molar-refractivity contribution in [1.29, 1.82) is 0 Å². The molecule has 8 heteroatoms. The zero-order chi connectivity index (χ0) is 23.9. The number of rotatable bonds is 7. The summed E-state index contributed by atoms with van der Waals surface area (Å²) in [6.45, 7) is 12.2. The third kappa shape index (κ3) is 8.40. The summed E-state index contributed by atoms with van der Waals surface area (Å²) in [6, 6.07) is 7.79. The molecule has 1 saturated heterocycles. The predicted molar refractivity (Wildman–Crippen MR) is 123 cm³/mol. The molecule has 0 spiro atoms. The molecule has 8 nitrogen and oxygen atoms in total. The number of hydrogen-bond donors (Lipinski definition) is 2. The zero-order valence-corrected chi connectivity index (χ0v) is 20.1. The highest BCUT2D eigenvalue weighted by Crippen LogP contribution is 2.20. The lowest BCUT2D eigenvalue weighted by Gasteiger charge is -2.34. The summed E-state index contributed by atoms with van der Waals surface area (Å²) in [5, 5.41) is 5.35. The number of ether oxygens (including phenoxy) is 2. The van der Waals surface area contributed by atoms with Gasteiger partial charge in [0, 0.05) is 19.1 Å². The summed E-state index contributed by atoms with van der Waals surface area (Å²) in [5.41, 5.74) is 0.611. The fourth-order valence-electron chi connectivity index (χ4n) is 3.43. The molecule has 1 aliphatic rings. The number of hydrogen-bond acceptors (Lipinski definition) is 5. The van der Waals surface area contributed by atoms with Crippen molar-refractivity contribution in [1.82, 2.24) is 15.5 Å². The summed E-state index contributed by atoms with van der Waals surface area (Å²) in [4.78, 5) is 38.3. The van der Waals surface area contributed by atoms with E-state index in [0.717, 1.165) is 0 Å². The van der Waals surface area contributed by atoms with Crippen LogP contribution in [0.5, 0.6) is 5.75 Å². The normalized spacial score (nSPS) is 15.8. The number of nitrogens with one attached hydrogen (secondary N) is 2. The molecule has 178 valence electrons. The molecule has 1 fully saturated rings. The second-order valence-corrected chi connectivity index (χ2v) is 9.51. The number of carbonyl (C=O) groups excluding carboxylic acids is 3. The van der Waals surface area contributed by atoms with Crippen LogP contribution in [0.1, 0.15) is 65.9 Å². The number of piperidine rings is 1. The summed E-state index contributed by atoms with van der Waals surface area (Å²) in [5.74, 6) is 0.782. The van der Waals surface area contributed by atoms with E-state index in [9.17, 15) is 14.4 Å². The van der Waals surface area contributed by atoms with Crippen molar-refractivity contribution < 1.29 is 23.9 Å². The minimum Gasteiger partial charge on any atom is -0.481 e. The smallest absolute Gasteiger partial charge is 0.408 e. The Balaban J connectivity index is 1.72. The number of amides is 3. The first kappa shape index (κ1) is 25.5. The maximum absolute atomic E-state index is 12.8. The standard InChI is InChI=1S/C24H37N3O5/c1-16(2)18-7-9-20(10-8-18)31-17(3)22(29)27-13-11-19(12-14-27)26-21(28)15-25-23(30)32-24(4,5)6/h7-10,16-17,19H,11-15H2,1-6H3,(H,25,30)(H,26,28). The molecule has 1 atom stereocenters. The molecule has 2 rings (SSSR count). The van der Waals surface area contributed by atoms with E-state index in [4.69, 9.17) is 9.47 Å². The number of benzene rings is 1. The van der Waals surface area contributed by atoms with Crippen LogP contribution in [0.3, 0.4) is 0 Å². The Morgan fingerprint density at radius 2 is 1.66 bits per heavy atom. The van der Waals surface area contributed by atoms with Crippen molar-refractivity contribution in [2.24, 2.45) is 0 Å². The van der Waals surface area contributed by atoms with Gasteiger partial charge in [-0.2, -0.15) is 0 Å². The van der Waals surface area contributed by atoms with Gasteiger partial charge in [0.1, 0.15) is 17.9 Å². The van der Waals surface area contributed by atoms with E-state index in [1.165, 1.54) is 5.56 Å². The molecule has 1 aromatic rings. The van der Waals surface area contributed by atoms with Gasteiger partial charge in [0.25, 0.3) is 5.91 Å². The molecule has 1 aromatic carbocycles. The average Bonchev–Trinajstić information content (AvgIpc) is 2.71. The Morgan fingerprint density at radius 1 is 1.06 bits per heavy atom. The van der Waals surface area contributed by atoms with Gasteiger partial charge in [0.2, 0.25) is 5.91 Å². The Hall–Kier alpha value is -2.77. The van der Waals surface area contributed by atoms with Gasteiger partial charge >= 0.3 is 6.09 Å². The van der Waals surface area contributed by atoms with E-state index in [2.05, 4.69) is 24.5 Å². The zero-order valence-electron chi connectivity index (χ0n) is 20.1. The van der Waals surface area contributed by atoms with Crippen molar-refractivity contribution in [2.45, 2.75) is 78.0 Å². The van der Waals surface area contributed by atoms with Gasteiger partial charge in [-0.3, -0.25) is 9.59 Å². The van der Waals surface area contributed by atoms with E-state index in [0.29, 0.717) is 37.6 Å². The molecular weight excluding hydrogens is 410 g/mol. The maximum atomic E-state index is 12.8. The molecule has 0 radical (unpaired) electrons. The van der Waals surface area contributed by atoms with Crippen LogP contribution in [-0.2, 0) is 14.3 Å². The minimum absolute atomic E-state index is 0.0354. The molecule has 1 aliphatic heterocycles. The lowest BCUT2D eigenvalue weighted by atomic mass is 10.0. The maximum Gasteiger partial charge on any atom is 0.408 e. The Bertz CT molecular complexity index is 778. The molecule has 0 aromatic heterocycles. The third-order valence-electron chi connectivity index (χ3n) is 5.17. The predicted octanol–water partition coefficient (Wildman–Crippen LogP) is 3.21. The van der Waals surface area contributed by atoms with Crippen LogP contribution < -0.4 is 15.4 Å². The van der Waals surface area contributed by atoms with E-state index < -0.39 is 17.8 Å². The molecule has 0 bridgehead atoms. The second kappa shape index (κ2) is 11.2. The first-order valence-corrected chi connectivity index (χ1v) is 11.3. The quantitative estimate of drug-likeness (QED) is 0.669. The summed E-state index contributed by atoms with van der Waals surface area (Å²) in [6.07, 6.45) is 0.101. The minimum atomic E-state index is -0.624. The fourth-order valence-corrected chi connectivity index (χ4v) is 3.43. The topological polar surface area (TPSA) is 97.0 Å². The van der Waals surface area contributed by atoms with E-state index >= 15 is 0 Å². The third-order valence-corrected chi connectivity index (χ3v) is 5.17. The molecule has 3 amide bonds. The van der Waals surface area contributed by atoms with Crippen molar-refractivity contribution in [3.05, 3.63) is 29.8 Å². The number of alkyl carbamates (subject to hydrolysis) is 1. The average molecular weight is 448 g/mol. The Morgan fingerprint density at radius 3 is 2.19 bits per heavy atom. The highest BCUT2D eigenvalue weighted by molar-refractivity contribution is 5.83. The van der Waals surface area contributed by atoms with Crippen molar-refractivity contribution in [3.8, 4) is 5.75 Å². The molecule has 0 saturated carbocycles. The summed E-state index contributed by atoms with van der Waals surface area (Å²) < 4.78 is 10.9. The Kier molecular flexibility index (Phi) is 8.92. The van der Waals surface area contributed by atoms with Crippen LogP contribution in [-0.4, -0.2) is 60.2 Å². The number of likely N-dealkylation sites (tertiary alicyclic amines) is 1. The molecule has 2 N–H and O–H groups in total. The SMILES string of the molecule is CC(Oc1ccc(C(C)C)cc1)C(=O)N1CCC(NC(=O)CNC(=O)OC(C)(C)C)CC1. The lowest BCUT2D eigenvalue weighted by molar-refractivity contribution is -0.139. The van der Waals surface area contributed by atoms with Crippen LogP contribution in [0.2, 0.25) is 0 Å². The van der Waals surface area contributed by atoms with Crippen molar-refractivity contribution in [3.63, 3.8) is 0 Å². The molecule has 1 heterocycles. The van der Waals surface area contributed by atoms with Crippen molar-refractivity contribution >= 4 is 17.9 Å². The Labute approximate surface area is 191 Å². The van der Waals surface area contributed by atoms with Gasteiger partial charge in [-0.15, -0.1) is 0 Å². The van der Waals surface area contributed by atoms with Crippen LogP contribution >= 0.6 is 0 Å². The molecule has 1 unspecified atom stereocenters. The molecule has 0 aliphatic carbocycles. The first-order valence-electron chi connectivity index (χ1n) is 11.3. The number of carbonyl (C=O) groups is 3. The van der Waals surface area contributed by atoms with Gasteiger partial charge in [-0.05, 0) is 64.2 Å². The monoisotopic (exact) mass is 447 g/mol. The van der Waals surface area contributed by atoms with Crippen LogP contribution in [0.4, 0.5) is 4.79 Å². The van der Waals surface area contributed by atoms with Gasteiger partial charge in [0.15, 0.2) is 6.10 Å². The van der Waals surface area contributed by atoms with Crippen LogP contribution in [0.15, 0.2) is 24.3 Å². The summed E-state index contributed by atoms with van der Waals surface area (Å²) >= 11 is 0. The van der Waals surface area contributed by atoms with Crippen LogP contribution in [0, 0.1) is 0 Å². The highest BCUT2D eigenvalue weighted by atomic mass is 16.6.